The summed E-state index contributed by atoms with van der Waals surface area (Å²) in [6, 6.07) is 0. The minimum absolute atomic E-state index is 0.189. The van der Waals surface area contributed by atoms with Crippen molar-refractivity contribution in [2.75, 3.05) is 0 Å². The molecule has 0 radical (unpaired) electrons. The SMILES string of the molecule is C=CCCCCCC(C)(C(=O)O)C(C)C. The van der Waals surface area contributed by atoms with E-state index in [1.165, 1.54) is 0 Å². The van der Waals surface area contributed by atoms with E-state index in [0.717, 1.165) is 32.1 Å². The Kier molecular flexibility index (Phi) is 6.30. The van der Waals surface area contributed by atoms with E-state index >= 15 is 0 Å². The molecule has 1 atom stereocenters. The molecule has 1 N–H and O–H groups in total. The number of carbonyl (C=O) groups is 1. The molecule has 2 nitrogen and oxygen atoms in total. The second kappa shape index (κ2) is 6.65. The van der Waals surface area contributed by atoms with Crippen LogP contribution in [0.2, 0.25) is 0 Å². The Morgan fingerprint density at radius 1 is 1.40 bits per heavy atom. The van der Waals surface area contributed by atoms with Crippen molar-refractivity contribution in [3.63, 3.8) is 0 Å². The number of unbranched alkanes of at least 4 members (excludes halogenated alkanes) is 3. The molecular weight excluding hydrogens is 188 g/mol. The molecule has 2 heteroatoms. The van der Waals surface area contributed by atoms with E-state index in [1.807, 2.05) is 26.8 Å². The summed E-state index contributed by atoms with van der Waals surface area (Å²) < 4.78 is 0. The fraction of sp³-hybridized carbons (Fsp3) is 0.769. The first kappa shape index (κ1) is 14.2. The van der Waals surface area contributed by atoms with E-state index in [9.17, 15) is 9.90 Å². The average molecular weight is 212 g/mol. The zero-order valence-electron chi connectivity index (χ0n) is 10.3. The summed E-state index contributed by atoms with van der Waals surface area (Å²) in [5.41, 5.74) is -0.561. The monoisotopic (exact) mass is 212 g/mol. The summed E-state index contributed by atoms with van der Waals surface area (Å²) >= 11 is 0. The van der Waals surface area contributed by atoms with Crippen LogP contribution in [0, 0.1) is 11.3 Å². The molecule has 0 aliphatic carbocycles. The van der Waals surface area contributed by atoms with Crippen LogP contribution in [-0.4, -0.2) is 11.1 Å². The molecule has 0 amide bonds. The number of allylic oxidation sites excluding steroid dienone is 1. The van der Waals surface area contributed by atoms with Gasteiger partial charge in [-0.25, -0.2) is 0 Å². The zero-order valence-corrected chi connectivity index (χ0v) is 10.3. The minimum Gasteiger partial charge on any atom is -0.481 e. The Bertz CT molecular complexity index is 209. The number of rotatable bonds is 8. The van der Waals surface area contributed by atoms with Gasteiger partial charge in [0.2, 0.25) is 0 Å². The Balaban J connectivity index is 3.98. The van der Waals surface area contributed by atoms with Crippen LogP contribution in [-0.2, 0) is 4.79 Å². The lowest BCUT2D eigenvalue weighted by Gasteiger charge is -2.29. The van der Waals surface area contributed by atoms with Gasteiger partial charge < -0.3 is 5.11 Å². The van der Waals surface area contributed by atoms with Crippen LogP contribution in [0.1, 0.15) is 52.9 Å². The maximum absolute atomic E-state index is 11.2. The molecule has 0 aliphatic rings. The predicted octanol–water partition coefficient (Wildman–Crippen LogP) is 3.87. The molecule has 0 rings (SSSR count). The molecule has 0 aromatic rings. The lowest BCUT2D eigenvalue weighted by Crippen LogP contribution is -2.33. The Morgan fingerprint density at radius 2 is 2.00 bits per heavy atom. The molecule has 0 spiro atoms. The summed E-state index contributed by atoms with van der Waals surface area (Å²) in [7, 11) is 0. The van der Waals surface area contributed by atoms with Crippen molar-refractivity contribution >= 4 is 5.97 Å². The zero-order chi connectivity index (χ0) is 11.9. The van der Waals surface area contributed by atoms with Crippen molar-refractivity contribution in [3.8, 4) is 0 Å². The largest absolute Gasteiger partial charge is 0.481 e. The van der Waals surface area contributed by atoms with E-state index < -0.39 is 11.4 Å². The highest BCUT2D eigenvalue weighted by Crippen LogP contribution is 2.33. The summed E-state index contributed by atoms with van der Waals surface area (Å²) in [4.78, 5) is 11.2. The summed E-state index contributed by atoms with van der Waals surface area (Å²) in [5, 5.41) is 9.19. The van der Waals surface area contributed by atoms with Crippen LogP contribution in [0.5, 0.6) is 0 Å². The first-order chi connectivity index (χ1) is 6.95. The van der Waals surface area contributed by atoms with Gasteiger partial charge in [0, 0.05) is 0 Å². The molecule has 0 bridgehead atoms. The van der Waals surface area contributed by atoms with Crippen molar-refractivity contribution in [3.05, 3.63) is 12.7 Å². The topological polar surface area (TPSA) is 37.3 Å². The lowest BCUT2D eigenvalue weighted by atomic mass is 9.75. The summed E-state index contributed by atoms with van der Waals surface area (Å²) in [6.45, 7) is 9.49. The molecule has 0 fully saturated rings. The number of aliphatic carboxylic acids is 1. The molecule has 0 saturated heterocycles. The van der Waals surface area contributed by atoms with E-state index in [-0.39, 0.29) is 5.92 Å². The predicted molar refractivity (Wildman–Crippen MR) is 63.9 cm³/mol. The van der Waals surface area contributed by atoms with Crippen LogP contribution in [0.4, 0.5) is 0 Å². The highest BCUT2D eigenvalue weighted by atomic mass is 16.4. The van der Waals surface area contributed by atoms with Crippen molar-refractivity contribution in [2.24, 2.45) is 11.3 Å². The third-order valence-electron chi connectivity index (χ3n) is 3.37. The minimum atomic E-state index is -0.666. The van der Waals surface area contributed by atoms with E-state index in [0.29, 0.717) is 0 Å². The van der Waals surface area contributed by atoms with E-state index in [2.05, 4.69) is 6.58 Å². The Labute approximate surface area is 93.4 Å². The summed E-state index contributed by atoms with van der Waals surface area (Å²) in [5.74, 6) is -0.476. The normalized spacial score (nSPS) is 14.9. The molecule has 0 aromatic carbocycles. The van der Waals surface area contributed by atoms with Gasteiger partial charge in [-0.3, -0.25) is 4.79 Å². The smallest absolute Gasteiger partial charge is 0.309 e. The summed E-state index contributed by atoms with van der Waals surface area (Å²) in [6.07, 6.45) is 6.94. The van der Waals surface area contributed by atoms with E-state index in [1.54, 1.807) is 0 Å². The highest BCUT2D eigenvalue weighted by molar-refractivity contribution is 5.74. The van der Waals surface area contributed by atoms with Crippen molar-refractivity contribution < 1.29 is 9.90 Å². The van der Waals surface area contributed by atoms with Gasteiger partial charge in [0.25, 0.3) is 0 Å². The van der Waals surface area contributed by atoms with Gasteiger partial charge in [0.05, 0.1) is 5.41 Å². The number of carboxylic acids is 1. The van der Waals surface area contributed by atoms with Gasteiger partial charge in [0.15, 0.2) is 0 Å². The van der Waals surface area contributed by atoms with Crippen LogP contribution < -0.4 is 0 Å². The van der Waals surface area contributed by atoms with Gasteiger partial charge >= 0.3 is 5.97 Å². The lowest BCUT2D eigenvalue weighted by molar-refractivity contribution is -0.151. The van der Waals surface area contributed by atoms with Gasteiger partial charge in [0.1, 0.15) is 0 Å². The van der Waals surface area contributed by atoms with Crippen molar-refractivity contribution in [1.82, 2.24) is 0 Å². The molecule has 15 heavy (non-hydrogen) atoms. The first-order valence-corrected chi connectivity index (χ1v) is 5.79. The number of hydrogen-bond acceptors (Lipinski definition) is 1. The molecule has 0 saturated carbocycles. The average Bonchev–Trinajstić information content (AvgIpc) is 2.16. The second-order valence-corrected chi connectivity index (χ2v) is 4.77. The standard InChI is InChI=1S/C13H24O2/c1-5-6-7-8-9-10-13(4,11(2)3)12(14)15/h5,11H,1,6-10H2,2-4H3,(H,14,15). The molecular formula is C13H24O2. The van der Waals surface area contributed by atoms with E-state index in [4.69, 9.17) is 0 Å². The van der Waals surface area contributed by atoms with Gasteiger partial charge in [-0.15, -0.1) is 6.58 Å². The van der Waals surface area contributed by atoms with Crippen LogP contribution >= 0.6 is 0 Å². The first-order valence-electron chi connectivity index (χ1n) is 5.79. The third-order valence-corrected chi connectivity index (χ3v) is 3.37. The highest BCUT2D eigenvalue weighted by Gasteiger charge is 2.35. The Hall–Kier alpha value is -0.790. The fourth-order valence-corrected chi connectivity index (χ4v) is 1.60. The van der Waals surface area contributed by atoms with Crippen LogP contribution in [0.3, 0.4) is 0 Å². The van der Waals surface area contributed by atoms with Gasteiger partial charge in [-0.2, -0.15) is 0 Å². The molecule has 0 aromatic heterocycles. The maximum atomic E-state index is 11.2. The molecule has 0 aliphatic heterocycles. The molecule has 1 unspecified atom stereocenters. The molecule has 0 heterocycles. The number of carboxylic acid groups (broad SMARTS) is 1. The molecule has 88 valence electrons. The fourth-order valence-electron chi connectivity index (χ4n) is 1.60. The third kappa shape index (κ3) is 4.50. The maximum Gasteiger partial charge on any atom is 0.309 e. The second-order valence-electron chi connectivity index (χ2n) is 4.77. The van der Waals surface area contributed by atoms with Crippen LogP contribution in [0.15, 0.2) is 12.7 Å². The quantitative estimate of drug-likeness (QED) is 0.490. The van der Waals surface area contributed by atoms with Crippen molar-refractivity contribution in [2.45, 2.75) is 52.9 Å². The Morgan fingerprint density at radius 3 is 2.40 bits per heavy atom. The van der Waals surface area contributed by atoms with Gasteiger partial charge in [-0.1, -0.05) is 32.8 Å². The number of hydrogen-bond donors (Lipinski definition) is 1. The van der Waals surface area contributed by atoms with Crippen LogP contribution in [0.25, 0.3) is 0 Å². The van der Waals surface area contributed by atoms with Gasteiger partial charge in [-0.05, 0) is 32.1 Å². The van der Waals surface area contributed by atoms with Crippen molar-refractivity contribution in [1.29, 1.82) is 0 Å².